The first kappa shape index (κ1) is 21.1. The first-order valence-electron chi connectivity index (χ1n) is 8.70. The van der Waals surface area contributed by atoms with E-state index in [2.05, 4.69) is 41.5 Å². The Morgan fingerprint density at radius 1 is 0.875 bits per heavy atom. The van der Waals surface area contributed by atoms with Gasteiger partial charge in [0, 0.05) is 5.41 Å². The Bertz CT molecular complexity index is 612. The number of hydrogen-bond acceptors (Lipinski definition) is 3. The van der Waals surface area contributed by atoms with Gasteiger partial charge in [-0.25, -0.2) is 8.42 Å². The fraction of sp³-hybridized carbons (Fsp3) is 0.579. The minimum Gasteiger partial charge on any atom is -0.410 e. The van der Waals surface area contributed by atoms with E-state index in [0.717, 1.165) is 0 Å². The summed E-state index contributed by atoms with van der Waals surface area (Å²) < 4.78 is 31.3. The molecule has 0 amide bonds. The lowest BCUT2D eigenvalue weighted by atomic mass is 10.4. The highest BCUT2D eigenvalue weighted by Crippen LogP contribution is 2.43. The summed E-state index contributed by atoms with van der Waals surface area (Å²) in [6, 6.07) is 8.49. The highest BCUT2D eigenvalue weighted by Gasteiger charge is 2.45. The van der Waals surface area contributed by atoms with E-state index >= 15 is 0 Å². The van der Waals surface area contributed by atoms with Crippen molar-refractivity contribution in [3.05, 3.63) is 41.8 Å². The van der Waals surface area contributed by atoms with E-state index in [1.807, 2.05) is 13.0 Å². The Morgan fingerprint density at radius 3 is 1.75 bits per heavy atom. The summed E-state index contributed by atoms with van der Waals surface area (Å²) in [7, 11) is -5.43. The Hall–Kier alpha value is -0.913. The molecular formula is C19H32O3SSi. The van der Waals surface area contributed by atoms with Gasteiger partial charge in [-0.3, -0.25) is 0 Å². The van der Waals surface area contributed by atoms with Crippen molar-refractivity contribution in [2.24, 2.45) is 0 Å². The van der Waals surface area contributed by atoms with Crippen molar-refractivity contribution in [3.8, 4) is 0 Å². The highest BCUT2D eigenvalue weighted by atomic mass is 32.2. The smallest absolute Gasteiger partial charge is 0.201 e. The van der Waals surface area contributed by atoms with Gasteiger partial charge in [0.2, 0.25) is 8.32 Å². The molecule has 0 aliphatic heterocycles. The standard InChI is InChI=1S/C19H32O3SSi/c1-15(2)24(16(3)4,17(5)6)22-18(7)13-14-23(20,21)19-11-9-8-10-12-19/h8-18H,1-7H3/b14-13+. The molecule has 0 aliphatic rings. The van der Waals surface area contributed by atoms with Crippen molar-refractivity contribution in [1.82, 2.24) is 0 Å². The third-order valence-corrected chi connectivity index (χ3v) is 12.3. The molecule has 1 aromatic rings. The third-order valence-electron chi connectivity index (χ3n) is 4.70. The molecule has 0 heterocycles. The second kappa shape index (κ2) is 8.45. The zero-order valence-corrected chi connectivity index (χ0v) is 17.8. The van der Waals surface area contributed by atoms with Crippen molar-refractivity contribution in [3.63, 3.8) is 0 Å². The molecule has 0 aliphatic carbocycles. The lowest BCUT2D eigenvalue weighted by molar-refractivity contribution is 0.234. The van der Waals surface area contributed by atoms with Gasteiger partial charge < -0.3 is 4.43 Å². The molecule has 0 N–H and O–H groups in total. The average molecular weight is 369 g/mol. The topological polar surface area (TPSA) is 43.4 Å². The molecule has 0 saturated carbocycles. The number of rotatable bonds is 8. The van der Waals surface area contributed by atoms with Crippen LogP contribution in [0.3, 0.4) is 0 Å². The molecule has 3 nitrogen and oxygen atoms in total. The average Bonchev–Trinajstić information content (AvgIpc) is 2.50. The SMILES string of the molecule is CC(/C=C/S(=O)(=O)c1ccccc1)O[Si](C(C)C)(C(C)C)C(C)C. The summed E-state index contributed by atoms with van der Waals surface area (Å²) in [5, 5.41) is 1.28. The molecule has 0 saturated heterocycles. The fourth-order valence-corrected chi connectivity index (χ4v) is 10.3. The molecule has 136 valence electrons. The van der Waals surface area contributed by atoms with Gasteiger partial charge in [-0.2, -0.15) is 0 Å². The lowest BCUT2D eigenvalue weighted by Crippen LogP contribution is -2.49. The molecular weight excluding hydrogens is 336 g/mol. The maximum Gasteiger partial charge on any atom is 0.201 e. The number of sulfone groups is 1. The Kier molecular flexibility index (Phi) is 7.44. The van der Waals surface area contributed by atoms with Crippen molar-refractivity contribution in [1.29, 1.82) is 0 Å². The normalized spacial score (nSPS) is 14.9. The third kappa shape index (κ3) is 4.80. The maximum atomic E-state index is 12.4. The number of hydrogen-bond donors (Lipinski definition) is 0. The molecule has 1 atom stereocenters. The second-order valence-corrected chi connectivity index (χ2v) is 14.6. The van der Waals surface area contributed by atoms with E-state index in [1.165, 1.54) is 5.41 Å². The van der Waals surface area contributed by atoms with E-state index in [-0.39, 0.29) is 6.10 Å². The van der Waals surface area contributed by atoms with Crippen LogP contribution >= 0.6 is 0 Å². The minimum absolute atomic E-state index is 0.220. The van der Waals surface area contributed by atoms with Crippen LogP contribution in [0.4, 0.5) is 0 Å². The Labute approximate surface area is 149 Å². The van der Waals surface area contributed by atoms with Crippen LogP contribution < -0.4 is 0 Å². The van der Waals surface area contributed by atoms with E-state index in [0.29, 0.717) is 21.5 Å². The predicted molar refractivity (Wildman–Crippen MR) is 104 cm³/mol. The molecule has 0 radical (unpaired) electrons. The summed E-state index contributed by atoms with van der Waals surface area (Å²) in [5.74, 6) is 0. The van der Waals surface area contributed by atoms with Gasteiger partial charge in [-0.05, 0) is 41.8 Å². The first-order chi connectivity index (χ1) is 11.0. The summed E-state index contributed by atoms with van der Waals surface area (Å²) in [6.07, 6.45) is 1.46. The molecule has 0 fully saturated rings. The van der Waals surface area contributed by atoms with Gasteiger partial charge in [0.05, 0.1) is 11.0 Å². The van der Waals surface area contributed by atoms with Gasteiger partial charge in [-0.1, -0.05) is 59.7 Å². The van der Waals surface area contributed by atoms with Crippen LogP contribution in [-0.2, 0) is 14.3 Å². The quantitative estimate of drug-likeness (QED) is 0.565. The van der Waals surface area contributed by atoms with Crippen LogP contribution in [-0.4, -0.2) is 22.8 Å². The summed E-state index contributed by atoms with van der Waals surface area (Å²) in [5.41, 5.74) is 1.41. The van der Waals surface area contributed by atoms with Gasteiger partial charge in [0.25, 0.3) is 0 Å². The monoisotopic (exact) mass is 368 g/mol. The van der Waals surface area contributed by atoms with Crippen LogP contribution in [0.25, 0.3) is 0 Å². The first-order valence-corrected chi connectivity index (χ1v) is 12.4. The van der Waals surface area contributed by atoms with Crippen LogP contribution in [0.1, 0.15) is 48.5 Å². The van der Waals surface area contributed by atoms with Crippen LogP contribution in [0, 0.1) is 0 Å². The lowest BCUT2D eigenvalue weighted by Gasteiger charge is -2.43. The zero-order valence-electron chi connectivity index (χ0n) is 16.0. The summed E-state index contributed by atoms with van der Waals surface area (Å²) >= 11 is 0. The summed E-state index contributed by atoms with van der Waals surface area (Å²) in [6.45, 7) is 15.3. The van der Waals surface area contributed by atoms with Gasteiger partial charge in [0.15, 0.2) is 9.84 Å². The van der Waals surface area contributed by atoms with E-state index in [1.54, 1.807) is 30.3 Å². The largest absolute Gasteiger partial charge is 0.410 e. The second-order valence-electron chi connectivity index (χ2n) is 7.33. The van der Waals surface area contributed by atoms with Crippen LogP contribution in [0.5, 0.6) is 0 Å². The predicted octanol–water partition coefficient (Wildman–Crippen LogP) is 5.55. The molecule has 0 spiro atoms. The fourth-order valence-electron chi connectivity index (χ4n) is 3.67. The Morgan fingerprint density at radius 2 is 1.33 bits per heavy atom. The van der Waals surface area contributed by atoms with E-state index < -0.39 is 18.2 Å². The van der Waals surface area contributed by atoms with Crippen molar-refractivity contribution < 1.29 is 12.8 Å². The molecule has 24 heavy (non-hydrogen) atoms. The molecule has 1 rings (SSSR count). The van der Waals surface area contributed by atoms with E-state index in [9.17, 15) is 8.42 Å². The molecule has 0 bridgehead atoms. The maximum absolute atomic E-state index is 12.4. The molecule has 0 aromatic heterocycles. The zero-order chi connectivity index (χ0) is 18.5. The van der Waals surface area contributed by atoms with Gasteiger partial charge in [0.1, 0.15) is 0 Å². The van der Waals surface area contributed by atoms with Crippen LogP contribution in [0.15, 0.2) is 46.7 Å². The van der Waals surface area contributed by atoms with Crippen molar-refractivity contribution in [2.75, 3.05) is 0 Å². The van der Waals surface area contributed by atoms with Crippen molar-refractivity contribution >= 4 is 18.2 Å². The highest BCUT2D eigenvalue weighted by molar-refractivity contribution is 7.94. The molecule has 5 heteroatoms. The van der Waals surface area contributed by atoms with Gasteiger partial charge in [-0.15, -0.1) is 0 Å². The number of benzene rings is 1. The Balaban J connectivity index is 3.00. The summed E-state index contributed by atoms with van der Waals surface area (Å²) in [4.78, 5) is 0.313. The van der Waals surface area contributed by atoms with Gasteiger partial charge >= 0.3 is 0 Å². The van der Waals surface area contributed by atoms with Crippen molar-refractivity contribution in [2.45, 2.75) is 76.1 Å². The van der Waals surface area contributed by atoms with Crippen LogP contribution in [0.2, 0.25) is 16.6 Å². The minimum atomic E-state index is -3.42. The molecule has 1 unspecified atom stereocenters. The molecule has 1 aromatic carbocycles. The van der Waals surface area contributed by atoms with E-state index in [4.69, 9.17) is 4.43 Å².